The molecule has 0 aliphatic heterocycles. The third-order valence-corrected chi connectivity index (χ3v) is 10.5. The number of hydrogen-bond acceptors (Lipinski definition) is 2. The number of aromatic nitrogens is 4. The Morgan fingerprint density at radius 2 is 0.923 bits per heavy atom. The predicted molar refractivity (Wildman–Crippen MR) is 217 cm³/mol. The van der Waals surface area contributed by atoms with Crippen LogP contribution in [0.2, 0.25) is 0 Å². The van der Waals surface area contributed by atoms with Crippen LogP contribution in [0.4, 0.5) is 0 Å². The highest BCUT2D eigenvalue weighted by molar-refractivity contribution is 6.28. The van der Waals surface area contributed by atoms with E-state index in [0.29, 0.717) is 5.95 Å². The minimum Gasteiger partial charge on any atom is -0.309 e. The van der Waals surface area contributed by atoms with Crippen molar-refractivity contribution in [2.45, 2.75) is 0 Å². The molecule has 3 heterocycles. The van der Waals surface area contributed by atoms with Crippen LogP contribution in [-0.2, 0) is 0 Å². The summed E-state index contributed by atoms with van der Waals surface area (Å²) in [6, 6.07) is 64.8. The molecule has 0 aliphatic rings. The molecule has 0 bridgehead atoms. The van der Waals surface area contributed by atoms with Gasteiger partial charge in [-0.1, -0.05) is 127 Å². The third kappa shape index (κ3) is 4.28. The molecule has 0 fully saturated rings. The first kappa shape index (κ1) is 28.8. The normalized spacial score (nSPS) is 11.8. The molecule has 52 heavy (non-hydrogen) atoms. The van der Waals surface area contributed by atoms with Gasteiger partial charge in [0.1, 0.15) is 0 Å². The number of para-hydroxylation sites is 3. The lowest BCUT2D eigenvalue weighted by atomic mass is 9.99. The van der Waals surface area contributed by atoms with E-state index >= 15 is 0 Å². The molecular formula is C48H30N4. The summed E-state index contributed by atoms with van der Waals surface area (Å²) in [4.78, 5) is 10.8. The van der Waals surface area contributed by atoms with Crippen LogP contribution in [0.5, 0.6) is 0 Å². The van der Waals surface area contributed by atoms with Crippen LogP contribution < -0.4 is 0 Å². The fraction of sp³-hybridized carbons (Fsp3) is 0. The van der Waals surface area contributed by atoms with Gasteiger partial charge in [0.2, 0.25) is 5.95 Å². The van der Waals surface area contributed by atoms with Gasteiger partial charge in [0.05, 0.1) is 33.3 Å². The molecule has 4 heteroatoms. The van der Waals surface area contributed by atoms with Gasteiger partial charge in [-0.2, -0.15) is 0 Å². The Morgan fingerprint density at radius 3 is 1.67 bits per heavy atom. The van der Waals surface area contributed by atoms with Crippen LogP contribution in [0.1, 0.15) is 0 Å². The van der Waals surface area contributed by atoms with Crippen LogP contribution in [-0.4, -0.2) is 19.1 Å². The number of rotatable bonds is 4. The van der Waals surface area contributed by atoms with Crippen molar-refractivity contribution in [3.05, 3.63) is 182 Å². The Hall–Kier alpha value is -7.04. The monoisotopic (exact) mass is 662 g/mol. The molecule has 0 saturated heterocycles. The third-order valence-electron chi connectivity index (χ3n) is 10.5. The molecule has 3 aromatic heterocycles. The molecule has 11 aromatic rings. The summed E-state index contributed by atoms with van der Waals surface area (Å²) in [5.41, 5.74) is 10.8. The molecule has 0 aliphatic carbocycles. The van der Waals surface area contributed by atoms with Crippen molar-refractivity contribution in [2.24, 2.45) is 0 Å². The minimum atomic E-state index is 0.652. The van der Waals surface area contributed by atoms with E-state index in [1.165, 1.54) is 43.4 Å². The molecule has 0 amide bonds. The Balaban J connectivity index is 1.22. The van der Waals surface area contributed by atoms with Crippen molar-refractivity contribution in [1.82, 2.24) is 19.1 Å². The maximum Gasteiger partial charge on any atom is 0.235 e. The largest absolute Gasteiger partial charge is 0.309 e. The lowest BCUT2D eigenvalue weighted by Gasteiger charge is -2.13. The second-order valence-electron chi connectivity index (χ2n) is 13.4. The molecule has 0 unspecified atom stereocenters. The van der Waals surface area contributed by atoms with Gasteiger partial charge in [-0.05, 0) is 76.5 Å². The summed E-state index contributed by atoms with van der Waals surface area (Å²) < 4.78 is 4.64. The summed E-state index contributed by atoms with van der Waals surface area (Å²) in [7, 11) is 0. The maximum absolute atomic E-state index is 5.40. The van der Waals surface area contributed by atoms with Gasteiger partial charge in [-0.3, -0.25) is 4.57 Å². The van der Waals surface area contributed by atoms with Crippen LogP contribution in [0.3, 0.4) is 0 Å². The smallest absolute Gasteiger partial charge is 0.235 e. The summed E-state index contributed by atoms with van der Waals surface area (Å²) in [6.45, 7) is 0. The van der Waals surface area contributed by atoms with Crippen molar-refractivity contribution in [3.8, 4) is 34.0 Å². The van der Waals surface area contributed by atoms with Gasteiger partial charge >= 0.3 is 0 Å². The molecule has 8 aromatic carbocycles. The van der Waals surface area contributed by atoms with Gasteiger partial charge in [0.25, 0.3) is 0 Å². The van der Waals surface area contributed by atoms with Crippen molar-refractivity contribution in [2.75, 3.05) is 0 Å². The Kier molecular flexibility index (Phi) is 6.22. The first-order valence-corrected chi connectivity index (χ1v) is 17.7. The quantitative estimate of drug-likeness (QED) is 0.188. The van der Waals surface area contributed by atoms with E-state index in [1.807, 2.05) is 0 Å². The van der Waals surface area contributed by atoms with Gasteiger partial charge in [0.15, 0.2) is 0 Å². The summed E-state index contributed by atoms with van der Waals surface area (Å²) in [6.07, 6.45) is 0. The van der Waals surface area contributed by atoms with E-state index < -0.39 is 0 Å². The van der Waals surface area contributed by atoms with Crippen LogP contribution in [0.25, 0.3) is 99.3 Å². The lowest BCUT2D eigenvalue weighted by molar-refractivity contribution is 1.01. The molecule has 0 atom stereocenters. The number of benzene rings is 8. The van der Waals surface area contributed by atoms with E-state index in [1.54, 1.807) is 0 Å². The fourth-order valence-corrected chi connectivity index (χ4v) is 8.17. The molecule has 0 spiro atoms. The van der Waals surface area contributed by atoms with Gasteiger partial charge < -0.3 is 4.57 Å². The summed E-state index contributed by atoms with van der Waals surface area (Å²) in [5.74, 6) is 0.652. The van der Waals surface area contributed by atoms with Gasteiger partial charge in [0, 0.05) is 38.2 Å². The van der Waals surface area contributed by atoms with Crippen molar-refractivity contribution in [3.63, 3.8) is 0 Å². The average molecular weight is 663 g/mol. The second kappa shape index (κ2) is 11.2. The average Bonchev–Trinajstić information content (AvgIpc) is 3.73. The Bertz CT molecular complexity index is 3170. The maximum atomic E-state index is 5.40. The molecule has 4 nitrogen and oxygen atoms in total. The topological polar surface area (TPSA) is 35.6 Å². The summed E-state index contributed by atoms with van der Waals surface area (Å²) >= 11 is 0. The zero-order chi connectivity index (χ0) is 34.2. The Morgan fingerprint density at radius 1 is 0.346 bits per heavy atom. The molecule has 0 N–H and O–H groups in total. The molecule has 0 radical (unpaired) electrons. The molecule has 242 valence electrons. The van der Waals surface area contributed by atoms with Gasteiger partial charge in [-0.25, -0.2) is 9.97 Å². The van der Waals surface area contributed by atoms with Crippen LogP contribution >= 0.6 is 0 Å². The highest BCUT2D eigenvalue weighted by atomic mass is 15.2. The highest BCUT2D eigenvalue weighted by Crippen LogP contribution is 2.42. The zero-order valence-electron chi connectivity index (χ0n) is 28.1. The lowest BCUT2D eigenvalue weighted by Crippen LogP contribution is -2.03. The van der Waals surface area contributed by atoms with Crippen molar-refractivity contribution >= 4 is 65.3 Å². The molecule has 0 saturated carbocycles. The predicted octanol–water partition coefficient (Wildman–Crippen LogP) is 12.3. The van der Waals surface area contributed by atoms with Crippen LogP contribution in [0.15, 0.2) is 182 Å². The van der Waals surface area contributed by atoms with E-state index in [2.05, 4.69) is 191 Å². The SMILES string of the molecule is c1ccc(-c2nc(-n3c4ccccc4c4c5c6ccccc6n(-c6ccccc6)c5ccc43)nc3cc(-c4ccc5ccccc5c4)ccc23)cc1. The van der Waals surface area contributed by atoms with E-state index in [9.17, 15) is 0 Å². The standard InChI is InChI=1S/C48H30N4/c1-3-14-32(15-4-1)47-37-26-25-35(34-24-23-31-13-7-8-16-33(31)29-34)30-40(37)49-48(50-47)52-42-22-12-10-20-39(42)46-44(52)28-27-43-45(46)38-19-9-11-21-41(38)51(43)36-17-5-2-6-18-36/h1-30H. The fourth-order valence-electron chi connectivity index (χ4n) is 8.17. The van der Waals surface area contributed by atoms with E-state index in [4.69, 9.17) is 9.97 Å². The number of fused-ring (bicyclic) bond motifs is 9. The van der Waals surface area contributed by atoms with E-state index in [0.717, 1.165) is 50.0 Å². The van der Waals surface area contributed by atoms with Gasteiger partial charge in [-0.15, -0.1) is 0 Å². The first-order valence-electron chi connectivity index (χ1n) is 17.7. The molecular weight excluding hydrogens is 633 g/mol. The van der Waals surface area contributed by atoms with Crippen LogP contribution in [0, 0.1) is 0 Å². The van der Waals surface area contributed by atoms with Crippen molar-refractivity contribution < 1.29 is 0 Å². The molecule has 11 rings (SSSR count). The van der Waals surface area contributed by atoms with Crippen molar-refractivity contribution in [1.29, 1.82) is 0 Å². The first-order chi connectivity index (χ1) is 25.8. The Labute approximate surface area is 299 Å². The second-order valence-corrected chi connectivity index (χ2v) is 13.4. The zero-order valence-corrected chi connectivity index (χ0v) is 28.1. The minimum absolute atomic E-state index is 0.652. The summed E-state index contributed by atoms with van der Waals surface area (Å²) in [5, 5.41) is 8.30. The van der Waals surface area contributed by atoms with E-state index in [-0.39, 0.29) is 0 Å². The number of nitrogens with zero attached hydrogens (tertiary/aromatic N) is 4. The highest BCUT2D eigenvalue weighted by Gasteiger charge is 2.22. The number of hydrogen-bond donors (Lipinski definition) is 0.